The molecule has 0 aliphatic carbocycles. The van der Waals surface area contributed by atoms with E-state index in [9.17, 15) is 9.59 Å². The van der Waals surface area contributed by atoms with Crippen LogP contribution in [0.25, 0.3) is 0 Å². The number of carbonyl (C=O) groups is 2. The molecule has 3 heteroatoms. The molecule has 3 nitrogen and oxygen atoms in total. The first-order chi connectivity index (χ1) is 6.16. The Morgan fingerprint density at radius 2 is 2.23 bits per heavy atom. The highest BCUT2D eigenvalue weighted by Gasteiger charge is 2.10. The van der Waals surface area contributed by atoms with Gasteiger partial charge in [-0.05, 0) is 24.1 Å². The molecule has 0 saturated carbocycles. The Morgan fingerprint density at radius 1 is 1.54 bits per heavy atom. The Kier molecular flexibility index (Phi) is 2.80. The number of rotatable bonds is 3. The predicted octanol–water partition coefficient (Wildman–Crippen LogP) is 1.43. The van der Waals surface area contributed by atoms with Gasteiger partial charge in [0.05, 0.1) is 5.56 Å². The van der Waals surface area contributed by atoms with Gasteiger partial charge in [0.25, 0.3) is 0 Å². The summed E-state index contributed by atoms with van der Waals surface area (Å²) in [4.78, 5) is 21.0. The first-order valence-electron chi connectivity index (χ1n) is 3.92. The van der Waals surface area contributed by atoms with Crippen molar-refractivity contribution in [1.29, 1.82) is 0 Å². The molecule has 1 aromatic rings. The lowest BCUT2D eigenvalue weighted by atomic mass is 10.00. The molecule has 0 aliphatic rings. The number of aryl methyl sites for hydroxylation is 1. The van der Waals surface area contributed by atoms with Crippen LogP contribution in [0, 0.1) is 6.92 Å². The standard InChI is InChI=1S/C10H10O3/c1-7-3-2-4-9(10(12)13)8(7)5-6-11/h2-4,6H,5H2,1H3,(H,12,13). The van der Waals surface area contributed by atoms with Gasteiger partial charge in [-0.25, -0.2) is 4.79 Å². The molecule has 1 N–H and O–H groups in total. The van der Waals surface area contributed by atoms with Crippen LogP contribution in [0.4, 0.5) is 0 Å². The molecule has 0 bridgehead atoms. The molecule has 0 saturated heterocycles. The van der Waals surface area contributed by atoms with E-state index < -0.39 is 5.97 Å². The number of carbonyl (C=O) groups excluding carboxylic acids is 1. The SMILES string of the molecule is Cc1cccc(C(=O)O)c1CC=O. The number of benzene rings is 1. The van der Waals surface area contributed by atoms with E-state index in [0.29, 0.717) is 5.56 Å². The van der Waals surface area contributed by atoms with Crippen molar-refractivity contribution < 1.29 is 14.7 Å². The first kappa shape index (κ1) is 9.45. The lowest BCUT2D eigenvalue weighted by Crippen LogP contribution is -2.04. The zero-order chi connectivity index (χ0) is 9.84. The van der Waals surface area contributed by atoms with Crippen molar-refractivity contribution in [3.8, 4) is 0 Å². The highest BCUT2D eigenvalue weighted by atomic mass is 16.4. The van der Waals surface area contributed by atoms with Crippen LogP contribution in [0.5, 0.6) is 0 Å². The van der Waals surface area contributed by atoms with Crippen molar-refractivity contribution in [2.45, 2.75) is 13.3 Å². The summed E-state index contributed by atoms with van der Waals surface area (Å²) in [6.07, 6.45) is 0.878. The van der Waals surface area contributed by atoms with E-state index in [1.54, 1.807) is 19.1 Å². The molecule has 0 amide bonds. The molecule has 1 rings (SSSR count). The second kappa shape index (κ2) is 3.85. The fourth-order valence-corrected chi connectivity index (χ4v) is 1.26. The van der Waals surface area contributed by atoms with E-state index in [-0.39, 0.29) is 12.0 Å². The molecular formula is C10H10O3. The number of carboxylic acid groups (broad SMARTS) is 1. The summed E-state index contributed by atoms with van der Waals surface area (Å²) in [5.41, 5.74) is 1.66. The van der Waals surface area contributed by atoms with Gasteiger partial charge in [0.2, 0.25) is 0 Å². The van der Waals surface area contributed by atoms with Crippen molar-refractivity contribution in [3.63, 3.8) is 0 Å². The average Bonchev–Trinajstić information content (AvgIpc) is 2.08. The van der Waals surface area contributed by atoms with E-state index >= 15 is 0 Å². The van der Waals surface area contributed by atoms with Crippen molar-refractivity contribution >= 4 is 12.3 Å². The van der Waals surface area contributed by atoms with Crippen LogP contribution >= 0.6 is 0 Å². The van der Waals surface area contributed by atoms with Crippen molar-refractivity contribution in [3.05, 3.63) is 34.9 Å². The maximum atomic E-state index is 10.7. The van der Waals surface area contributed by atoms with Crippen LogP contribution in [-0.2, 0) is 11.2 Å². The van der Waals surface area contributed by atoms with E-state index in [0.717, 1.165) is 11.8 Å². The van der Waals surface area contributed by atoms with Crippen LogP contribution < -0.4 is 0 Å². The van der Waals surface area contributed by atoms with Crippen LogP contribution in [0.1, 0.15) is 21.5 Å². The molecule has 13 heavy (non-hydrogen) atoms. The van der Waals surface area contributed by atoms with E-state index in [2.05, 4.69) is 0 Å². The fourth-order valence-electron chi connectivity index (χ4n) is 1.26. The molecule has 68 valence electrons. The predicted molar refractivity (Wildman–Crippen MR) is 47.9 cm³/mol. The Balaban J connectivity index is 3.24. The quantitative estimate of drug-likeness (QED) is 0.712. The molecule has 1 aromatic carbocycles. The van der Waals surface area contributed by atoms with Gasteiger partial charge in [-0.1, -0.05) is 12.1 Å². The largest absolute Gasteiger partial charge is 0.478 e. The molecule has 0 spiro atoms. The van der Waals surface area contributed by atoms with E-state index in [1.807, 2.05) is 0 Å². The molecule has 0 unspecified atom stereocenters. The highest BCUT2D eigenvalue weighted by molar-refractivity contribution is 5.90. The van der Waals surface area contributed by atoms with Gasteiger partial charge in [-0.15, -0.1) is 0 Å². The van der Waals surface area contributed by atoms with Gasteiger partial charge >= 0.3 is 5.97 Å². The lowest BCUT2D eigenvalue weighted by Gasteiger charge is -2.05. The van der Waals surface area contributed by atoms with E-state index in [1.165, 1.54) is 6.07 Å². The minimum Gasteiger partial charge on any atom is -0.478 e. The Hall–Kier alpha value is -1.64. The first-order valence-corrected chi connectivity index (χ1v) is 3.92. The fraction of sp³-hybridized carbons (Fsp3) is 0.200. The summed E-state index contributed by atoms with van der Waals surface area (Å²) in [5, 5.41) is 8.80. The molecule has 0 radical (unpaired) electrons. The smallest absolute Gasteiger partial charge is 0.335 e. The van der Waals surface area contributed by atoms with Crippen LogP contribution in [0.2, 0.25) is 0 Å². The zero-order valence-electron chi connectivity index (χ0n) is 7.28. The second-order valence-electron chi connectivity index (χ2n) is 2.78. The summed E-state index contributed by atoms with van der Waals surface area (Å²) in [6.45, 7) is 1.80. The van der Waals surface area contributed by atoms with E-state index in [4.69, 9.17) is 5.11 Å². The van der Waals surface area contributed by atoms with Crippen LogP contribution in [0.3, 0.4) is 0 Å². The lowest BCUT2D eigenvalue weighted by molar-refractivity contribution is -0.107. The topological polar surface area (TPSA) is 54.4 Å². The van der Waals surface area contributed by atoms with Gasteiger partial charge in [-0.3, -0.25) is 0 Å². The van der Waals surface area contributed by atoms with Gasteiger partial charge in [0.1, 0.15) is 6.29 Å². The number of carboxylic acids is 1. The molecular weight excluding hydrogens is 168 g/mol. The third-order valence-electron chi connectivity index (χ3n) is 1.93. The van der Waals surface area contributed by atoms with Crippen molar-refractivity contribution in [1.82, 2.24) is 0 Å². The number of aldehydes is 1. The Bertz CT molecular complexity index is 342. The highest BCUT2D eigenvalue weighted by Crippen LogP contribution is 2.14. The van der Waals surface area contributed by atoms with Gasteiger partial charge in [0.15, 0.2) is 0 Å². The van der Waals surface area contributed by atoms with Crippen molar-refractivity contribution in [2.24, 2.45) is 0 Å². The maximum Gasteiger partial charge on any atom is 0.335 e. The molecule has 0 heterocycles. The van der Waals surface area contributed by atoms with Gasteiger partial charge < -0.3 is 9.90 Å². The Morgan fingerprint density at radius 3 is 2.77 bits per heavy atom. The normalized spacial score (nSPS) is 9.62. The minimum absolute atomic E-state index is 0.161. The summed E-state index contributed by atoms with van der Waals surface area (Å²) in [6, 6.07) is 4.98. The summed E-state index contributed by atoms with van der Waals surface area (Å²) in [5.74, 6) is -0.986. The van der Waals surface area contributed by atoms with Crippen molar-refractivity contribution in [2.75, 3.05) is 0 Å². The second-order valence-corrected chi connectivity index (χ2v) is 2.78. The monoisotopic (exact) mass is 178 g/mol. The summed E-state index contributed by atoms with van der Waals surface area (Å²) in [7, 11) is 0. The zero-order valence-corrected chi connectivity index (χ0v) is 7.28. The summed E-state index contributed by atoms with van der Waals surface area (Å²) >= 11 is 0. The van der Waals surface area contributed by atoms with Crippen LogP contribution in [-0.4, -0.2) is 17.4 Å². The molecule has 0 aliphatic heterocycles. The number of aromatic carboxylic acids is 1. The summed E-state index contributed by atoms with van der Waals surface area (Å²) < 4.78 is 0. The minimum atomic E-state index is -0.986. The number of hydrogen-bond acceptors (Lipinski definition) is 2. The number of hydrogen-bond donors (Lipinski definition) is 1. The molecule has 0 fully saturated rings. The van der Waals surface area contributed by atoms with Gasteiger partial charge in [0, 0.05) is 6.42 Å². The third kappa shape index (κ3) is 1.93. The van der Waals surface area contributed by atoms with Crippen LogP contribution in [0.15, 0.2) is 18.2 Å². The van der Waals surface area contributed by atoms with Gasteiger partial charge in [-0.2, -0.15) is 0 Å². The Labute approximate surface area is 76.0 Å². The molecule has 0 atom stereocenters. The third-order valence-corrected chi connectivity index (χ3v) is 1.93. The molecule has 0 aromatic heterocycles. The maximum absolute atomic E-state index is 10.7. The average molecular weight is 178 g/mol.